The zero-order valence-corrected chi connectivity index (χ0v) is 30.4. The Kier molecular flexibility index (Phi) is 14.8. The molecule has 0 amide bonds. The lowest BCUT2D eigenvalue weighted by molar-refractivity contribution is 0.602. The van der Waals surface area contributed by atoms with Crippen molar-refractivity contribution >= 4 is 56.5 Å². The summed E-state index contributed by atoms with van der Waals surface area (Å²) < 4.78 is 0. The summed E-state index contributed by atoms with van der Waals surface area (Å²) >= 11 is 6.92. The van der Waals surface area contributed by atoms with E-state index in [0.717, 1.165) is 77.1 Å². The van der Waals surface area contributed by atoms with E-state index in [1.807, 2.05) is 6.08 Å². The number of hydrogen-bond acceptors (Lipinski definition) is 8. The molecule has 0 aromatic carbocycles. The van der Waals surface area contributed by atoms with Gasteiger partial charge in [-0.1, -0.05) is 57.9 Å². The topological polar surface area (TPSA) is 97.4 Å². The third kappa shape index (κ3) is 10.1. The lowest BCUT2D eigenvalue weighted by Gasteiger charge is -2.07. The molecular formula is C39H42N4S4. The van der Waals surface area contributed by atoms with Crippen molar-refractivity contribution in [3.8, 4) is 47.5 Å². The SMILES string of the molecule is C=CCCCCCCCC/C(=C(/N)C#N)c1ccc(-c2ccc(-c3ccc(-c4ccc(C(CCCCCC)=C(C#N)C#N)s4)s3)s2)s1. The molecule has 0 fully saturated rings. The number of unbranched alkanes of at least 4 members (excludes halogenated alkanes) is 9. The first-order valence-electron chi connectivity index (χ1n) is 16.5. The van der Waals surface area contributed by atoms with Gasteiger partial charge in [0.25, 0.3) is 0 Å². The number of nitrogens with two attached hydrogens (primary N) is 1. The van der Waals surface area contributed by atoms with Crippen molar-refractivity contribution < 1.29 is 0 Å². The zero-order valence-electron chi connectivity index (χ0n) is 27.1. The summed E-state index contributed by atoms with van der Waals surface area (Å²) in [6.45, 7) is 5.98. The normalized spacial score (nSPS) is 11.4. The van der Waals surface area contributed by atoms with E-state index in [9.17, 15) is 15.8 Å². The van der Waals surface area contributed by atoms with Gasteiger partial charge in [-0.05, 0) is 92.6 Å². The van der Waals surface area contributed by atoms with E-state index in [1.54, 1.807) is 45.3 Å². The Morgan fingerprint density at radius 2 is 1.02 bits per heavy atom. The van der Waals surface area contributed by atoms with E-state index in [0.29, 0.717) is 5.70 Å². The molecule has 0 spiro atoms. The Bertz CT molecular complexity index is 1790. The average Bonchev–Trinajstić information content (AvgIpc) is 3.91. The molecule has 0 aliphatic heterocycles. The fourth-order valence-electron chi connectivity index (χ4n) is 5.49. The minimum Gasteiger partial charge on any atom is -0.390 e. The zero-order chi connectivity index (χ0) is 33.4. The minimum atomic E-state index is 0.230. The van der Waals surface area contributed by atoms with E-state index >= 15 is 0 Å². The summed E-state index contributed by atoms with van der Waals surface area (Å²) in [5.74, 6) is 0. The first kappa shape index (κ1) is 36.1. The largest absolute Gasteiger partial charge is 0.390 e. The average molecular weight is 695 g/mol. The predicted octanol–water partition coefficient (Wildman–Crippen LogP) is 13.2. The molecular weight excluding hydrogens is 653 g/mol. The van der Waals surface area contributed by atoms with E-state index in [-0.39, 0.29) is 5.57 Å². The van der Waals surface area contributed by atoms with E-state index in [4.69, 9.17) is 5.73 Å². The molecule has 0 unspecified atom stereocenters. The fraction of sp³-hybridized carbons (Fsp3) is 0.359. The molecule has 2 N–H and O–H groups in total. The summed E-state index contributed by atoms with van der Waals surface area (Å²) in [7, 11) is 0. The van der Waals surface area contributed by atoms with Gasteiger partial charge in [0.1, 0.15) is 29.5 Å². The highest BCUT2D eigenvalue weighted by molar-refractivity contribution is 7.28. The maximum Gasteiger partial charge on any atom is 0.134 e. The van der Waals surface area contributed by atoms with Crippen LogP contribution < -0.4 is 5.73 Å². The molecule has 4 rings (SSSR count). The van der Waals surface area contributed by atoms with Gasteiger partial charge in [0.2, 0.25) is 0 Å². The molecule has 0 atom stereocenters. The number of nitriles is 3. The molecule has 0 aliphatic rings. The fourth-order valence-corrected chi connectivity index (χ4v) is 9.95. The van der Waals surface area contributed by atoms with Gasteiger partial charge in [-0.25, -0.2) is 0 Å². The molecule has 0 saturated heterocycles. The Balaban J connectivity index is 1.43. The van der Waals surface area contributed by atoms with Crippen molar-refractivity contribution in [3.63, 3.8) is 0 Å². The van der Waals surface area contributed by atoms with Crippen LogP contribution in [-0.2, 0) is 0 Å². The van der Waals surface area contributed by atoms with Crippen LogP contribution in [-0.4, -0.2) is 0 Å². The van der Waals surface area contributed by atoms with Crippen molar-refractivity contribution in [1.82, 2.24) is 0 Å². The minimum absolute atomic E-state index is 0.230. The molecule has 47 heavy (non-hydrogen) atoms. The monoisotopic (exact) mass is 694 g/mol. The molecule has 4 aromatic rings. The third-order valence-electron chi connectivity index (χ3n) is 8.08. The van der Waals surface area contributed by atoms with Gasteiger partial charge in [0.05, 0.1) is 0 Å². The molecule has 4 aromatic heterocycles. The van der Waals surface area contributed by atoms with E-state index in [1.165, 1.54) is 56.5 Å². The maximum atomic E-state index is 9.60. The summed E-state index contributed by atoms with van der Waals surface area (Å²) in [5, 5.41) is 28.8. The predicted molar refractivity (Wildman–Crippen MR) is 205 cm³/mol. The molecule has 0 bridgehead atoms. The second kappa shape index (κ2) is 19.2. The van der Waals surface area contributed by atoms with Crippen molar-refractivity contribution in [3.05, 3.63) is 82.2 Å². The van der Waals surface area contributed by atoms with Crippen molar-refractivity contribution in [2.75, 3.05) is 0 Å². The summed E-state index contributed by atoms with van der Waals surface area (Å²) in [6.07, 6.45) is 16.2. The number of nitrogens with zero attached hydrogens (tertiary/aromatic N) is 3. The second-order valence-electron chi connectivity index (χ2n) is 11.5. The molecule has 4 heterocycles. The first-order chi connectivity index (χ1) is 23.0. The smallest absolute Gasteiger partial charge is 0.134 e. The van der Waals surface area contributed by atoms with Crippen LogP contribution >= 0.6 is 45.3 Å². The van der Waals surface area contributed by atoms with Gasteiger partial charge < -0.3 is 5.73 Å². The van der Waals surface area contributed by atoms with Crippen LogP contribution in [0.5, 0.6) is 0 Å². The lowest BCUT2D eigenvalue weighted by atomic mass is 10.0. The van der Waals surface area contributed by atoms with Crippen LogP contribution in [0.3, 0.4) is 0 Å². The molecule has 242 valence electrons. The van der Waals surface area contributed by atoms with Crippen LogP contribution in [0.15, 0.2) is 72.5 Å². The van der Waals surface area contributed by atoms with Crippen LogP contribution in [0.25, 0.3) is 40.4 Å². The summed E-state index contributed by atoms with van der Waals surface area (Å²) in [4.78, 5) is 9.26. The summed E-state index contributed by atoms with van der Waals surface area (Å²) in [5.41, 5.74) is 8.60. The standard InChI is InChI=1S/C39H42N4S4/c1-3-5-7-9-10-11-12-14-16-30(31(43)27-42)33-18-20-35(45-33)37-22-24-39(47-37)38-23-21-36(46-38)34-19-17-32(44-34)29(28(25-40)26-41)15-13-8-6-4-2/h3,17-24H,1,4-16,43H2,2H3/b31-30-. The van der Waals surface area contributed by atoms with Gasteiger partial charge in [0.15, 0.2) is 0 Å². The van der Waals surface area contributed by atoms with Crippen LogP contribution in [0.1, 0.15) is 100 Å². The quantitative estimate of drug-likeness (QED) is 0.0600. The van der Waals surface area contributed by atoms with Gasteiger partial charge in [-0.2, -0.15) is 15.8 Å². The van der Waals surface area contributed by atoms with E-state index < -0.39 is 0 Å². The van der Waals surface area contributed by atoms with Gasteiger partial charge in [0, 0.05) is 44.6 Å². The maximum absolute atomic E-state index is 9.60. The Morgan fingerprint density at radius 3 is 1.51 bits per heavy atom. The molecule has 0 radical (unpaired) electrons. The van der Waals surface area contributed by atoms with Crippen molar-refractivity contribution in [1.29, 1.82) is 15.8 Å². The molecule has 0 saturated carbocycles. The molecule has 0 aliphatic carbocycles. The highest BCUT2D eigenvalue weighted by Gasteiger charge is 2.16. The second-order valence-corrected chi connectivity index (χ2v) is 15.8. The van der Waals surface area contributed by atoms with Gasteiger partial charge in [-0.3, -0.25) is 0 Å². The number of allylic oxidation sites excluding steroid dienone is 5. The van der Waals surface area contributed by atoms with Crippen molar-refractivity contribution in [2.24, 2.45) is 5.73 Å². The Hall–Kier alpha value is -3.71. The van der Waals surface area contributed by atoms with E-state index in [2.05, 4.69) is 80.2 Å². The first-order valence-corrected chi connectivity index (χ1v) is 19.7. The molecule has 4 nitrogen and oxygen atoms in total. The van der Waals surface area contributed by atoms with Gasteiger partial charge in [-0.15, -0.1) is 51.9 Å². The highest BCUT2D eigenvalue weighted by Crippen LogP contribution is 2.45. The third-order valence-corrected chi connectivity index (χ3v) is 13.1. The van der Waals surface area contributed by atoms with Crippen LogP contribution in [0, 0.1) is 34.0 Å². The number of rotatable bonds is 19. The van der Waals surface area contributed by atoms with Crippen LogP contribution in [0.4, 0.5) is 0 Å². The summed E-state index contributed by atoms with van der Waals surface area (Å²) in [6, 6.07) is 23.6. The number of thiophene rings is 4. The van der Waals surface area contributed by atoms with Crippen molar-refractivity contribution in [2.45, 2.75) is 90.4 Å². The Labute approximate surface area is 296 Å². The highest BCUT2D eigenvalue weighted by atomic mass is 32.1. The molecule has 8 heteroatoms. The Morgan fingerprint density at radius 1 is 0.596 bits per heavy atom. The van der Waals surface area contributed by atoms with Gasteiger partial charge >= 0.3 is 0 Å². The number of hydrogen-bond donors (Lipinski definition) is 1. The lowest BCUT2D eigenvalue weighted by Crippen LogP contribution is -1.99. The van der Waals surface area contributed by atoms with Crippen LogP contribution in [0.2, 0.25) is 0 Å².